The molecule has 0 aliphatic rings. The summed E-state index contributed by atoms with van der Waals surface area (Å²) < 4.78 is 11.3. The van der Waals surface area contributed by atoms with E-state index in [4.69, 9.17) is 8.83 Å². The van der Waals surface area contributed by atoms with Crippen molar-refractivity contribution in [3.05, 3.63) is 89.2 Å². The van der Waals surface area contributed by atoms with Gasteiger partial charge in [-0.1, -0.05) is 30.3 Å². The van der Waals surface area contributed by atoms with E-state index in [0.29, 0.717) is 30.0 Å². The summed E-state index contributed by atoms with van der Waals surface area (Å²) in [5, 5.41) is 2.85. The topological polar surface area (TPSA) is 68.3 Å². The number of nitrogens with zero attached hydrogens (tertiary/aromatic N) is 1. The number of amides is 1. The molecule has 2 aromatic carbocycles. The van der Waals surface area contributed by atoms with Crippen LogP contribution < -0.4 is 5.32 Å². The van der Waals surface area contributed by atoms with Gasteiger partial charge in [-0.15, -0.1) is 0 Å². The van der Waals surface area contributed by atoms with Crippen LogP contribution in [0.3, 0.4) is 0 Å². The molecule has 4 aromatic rings. The molecule has 0 saturated carbocycles. The highest BCUT2D eigenvalue weighted by Gasteiger charge is 2.12. The number of furan rings is 1. The van der Waals surface area contributed by atoms with E-state index in [1.54, 1.807) is 18.2 Å². The Bertz CT molecular complexity index is 1050. The van der Waals surface area contributed by atoms with E-state index < -0.39 is 0 Å². The molecule has 0 radical (unpaired) electrons. The van der Waals surface area contributed by atoms with Gasteiger partial charge in [0.05, 0.1) is 6.54 Å². The lowest BCUT2D eigenvalue weighted by atomic mass is 10.1. The molecular weight excluding hydrogens is 328 g/mol. The molecule has 0 saturated heterocycles. The van der Waals surface area contributed by atoms with Crippen molar-refractivity contribution in [2.75, 3.05) is 0 Å². The molecule has 0 spiro atoms. The second kappa shape index (κ2) is 6.88. The van der Waals surface area contributed by atoms with Gasteiger partial charge in [-0.25, -0.2) is 4.98 Å². The molecule has 130 valence electrons. The maximum atomic E-state index is 12.4. The number of aryl methyl sites for hydroxylation is 1. The number of aromatic nitrogens is 1. The van der Waals surface area contributed by atoms with Crippen LogP contribution in [0.15, 0.2) is 69.5 Å². The Morgan fingerprint density at radius 2 is 1.88 bits per heavy atom. The van der Waals surface area contributed by atoms with Crippen LogP contribution in [0.1, 0.15) is 33.3 Å². The van der Waals surface area contributed by atoms with Gasteiger partial charge >= 0.3 is 0 Å². The zero-order chi connectivity index (χ0) is 17.9. The Labute approximate surface area is 150 Å². The number of oxazole rings is 1. The second-order valence-electron chi connectivity index (χ2n) is 6.15. The zero-order valence-corrected chi connectivity index (χ0v) is 14.4. The van der Waals surface area contributed by atoms with Gasteiger partial charge in [0, 0.05) is 12.0 Å². The minimum absolute atomic E-state index is 0.179. The number of hydrogen-bond acceptors (Lipinski definition) is 4. The fourth-order valence-electron chi connectivity index (χ4n) is 2.81. The van der Waals surface area contributed by atoms with E-state index in [0.717, 1.165) is 22.6 Å². The highest BCUT2D eigenvalue weighted by molar-refractivity contribution is 5.96. The average Bonchev–Trinajstić information content (AvgIpc) is 3.25. The molecule has 0 aliphatic carbocycles. The molecule has 0 fully saturated rings. The number of carbonyl (C=O) groups excluding carboxylic acids is 1. The van der Waals surface area contributed by atoms with Crippen LogP contribution in [0.25, 0.3) is 11.1 Å². The van der Waals surface area contributed by atoms with Crippen LogP contribution in [0, 0.1) is 6.92 Å². The summed E-state index contributed by atoms with van der Waals surface area (Å²) in [5.74, 6) is 2.00. The van der Waals surface area contributed by atoms with Crippen molar-refractivity contribution >= 4 is 17.0 Å². The molecule has 4 rings (SSSR count). The summed E-state index contributed by atoms with van der Waals surface area (Å²) in [6, 6.07) is 19.0. The summed E-state index contributed by atoms with van der Waals surface area (Å²) in [4.78, 5) is 16.8. The smallest absolute Gasteiger partial charge is 0.251 e. The maximum absolute atomic E-state index is 12.4. The highest BCUT2D eigenvalue weighted by atomic mass is 16.3. The molecule has 2 heterocycles. The number of fused-ring (bicyclic) bond motifs is 1. The third-order valence-corrected chi connectivity index (χ3v) is 4.11. The van der Waals surface area contributed by atoms with Gasteiger partial charge < -0.3 is 14.2 Å². The van der Waals surface area contributed by atoms with Crippen LogP contribution in [0.5, 0.6) is 0 Å². The Hall–Kier alpha value is -3.34. The quantitative estimate of drug-likeness (QED) is 0.586. The van der Waals surface area contributed by atoms with Crippen molar-refractivity contribution < 1.29 is 13.6 Å². The van der Waals surface area contributed by atoms with Crippen molar-refractivity contribution in [1.29, 1.82) is 0 Å². The van der Waals surface area contributed by atoms with Crippen LogP contribution in [-0.4, -0.2) is 10.9 Å². The Morgan fingerprint density at radius 1 is 1.04 bits per heavy atom. The third kappa shape index (κ3) is 3.52. The van der Waals surface area contributed by atoms with E-state index in [9.17, 15) is 4.79 Å². The molecule has 0 aliphatic heterocycles. The molecule has 0 bridgehead atoms. The van der Waals surface area contributed by atoms with Crippen molar-refractivity contribution in [3.63, 3.8) is 0 Å². The number of benzene rings is 2. The standard InChI is InChI=1S/C21H18N2O3/c1-14-7-9-17(25-14)13-22-21(24)16-8-10-18-19(12-16)26-20(23-18)11-15-5-3-2-4-6-15/h2-10,12H,11,13H2,1H3,(H,22,24). The first-order valence-electron chi connectivity index (χ1n) is 8.44. The van der Waals surface area contributed by atoms with E-state index in [-0.39, 0.29) is 5.91 Å². The molecule has 5 nitrogen and oxygen atoms in total. The Morgan fingerprint density at radius 3 is 2.65 bits per heavy atom. The summed E-state index contributed by atoms with van der Waals surface area (Å²) >= 11 is 0. The van der Waals surface area contributed by atoms with Gasteiger partial charge in [-0.2, -0.15) is 0 Å². The first-order chi connectivity index (χ1) is 12.7. The van der Waals surface area contributed by atoms with Gasteiger partial charge in [-0.3, -0.25) is 4.79 Å². The summed E-state index contributed by atoms with van der Waals surface area (Å²) in [6.45, 7) is 2.22. The van der Waals surface area contributed by atoms with Crippen LogP contribution in [-0.2, 0) is 13.0 Å². The summed E-state index contributed by atoms with van der Waals surface area (Å²) in [6.07, 6.45) is 0.620. The zero-order valence-electron chi connectivity index (χ0n) is 14.4. The van der Waals surface area contributed by atoms with Gasteiger partial charge in [0.25, 0.3) is 5.91 Å². The van der Waals surface area contributed by atoms with E-state index >= 15 is 0 Å². The van der Waals surface area contributed by atoms with Crippen molar-refractivity contribution in [3.8, 4) is 0 Å². The molecule has 0 unspecified atom stereocenters. The van der Waals surface area contributed by atoms with Gasteiger partial charge in [0.2, 0.25) is 0 Å². The van der Waals surface area contributed by atoms with Gasteiger partial charge in [-0.05, 0) is 42.8 Å². The first kappa shape index (κ1) is 16.1. The molecule has 1 N–H and O–H groups in total. The minimum Gasteiger partial charge on any atom is -0.465 e. The molecule has 2 aromatic heterocycles. The van der Waals surface area contributed by atoms with E-state index in [1.165, 1.54) is 0 Å². The van der Waals surface area contributed by atoms with Crippen LogP contribution >= 0.6 is 0 Å². The second-order valence-corrected chi connectivity index (χ2v) is 6.15. The lowest BCUT2D eigenvalue weighted by Crippen LogP contribution is -2.22. The van der Waals surface area contributed by atoms with E-state index in [1.807, 2.05) is 49.4 Å². The third-order valence-electron chi connectivity index (χ3n) is 4.11. The lowest BCUT2D eigenvalue weighted by molar-refractivity contribution is 0.0948. The first-order valence-corrected chi connectivity index (χ1v) is 8.44. The number of carbonyl (C=O) groups is 1. The lowest BCUT2D eigenvalue weighted by Gasteiger charge is -2.03. The number of nitrogens with one attached hydrogen (secondary N) is 1. The largest absolute Gasteiger partial charge is 0.465 e. The number of hydrogen-bond donors (Lipinski definition) is 1. The normalized spacial score (nSPS) is 11.0. The SMILES string of the molecule is Cc1ccc(CNC(=O)c2ccc3nc(Cc4ccccc4)oc3c2)o1. The van der Waals surface area contributed by atoms with Crippen molar-refractivity contribution in [2.24, 2.45) is 0 Å². The average molecular weight is 346 g/mol. The summed E-state index contributed by atoms with van der Waals surface area (Å²) in [5.41, 5.74) is 3.01. The van der Waals surface area contributed by atoms with E-state index in [2.05, 4.69) is 10.3 Å². The predicted molar refractivity (Wildman–Crippen MR) is 97.9 cm³/mol. The van der Waals surface area contributed by atoms with Gasteiger partial charge in [0.15, 0.2) is 11.5 Å². The Balaban J connectivity index is 1.48. The Kier molecular flexibility index (Phi) is 4.27. The molecule has 1 amide bonds. The molecule has 26 heavy (non-hydrogen) atoms. The molecular formula is C21H18N2O3. The fourth-order valence-corrected chi connectivity index (χ4v) is 2.81. The van der Waals surface area contributed by atoms with Crippen molar-refractivity contribution in [2.45, 2.75) is 19.9 Å². The summed E-state index contributed by atoms with van der Waals surface area (Å²) in [7, 11) is 0. The maximum Gasteiger partial charge on any atom is 0.251 e. The fraction of sp³-hybridized carbons (Fsp3) is 0.143. The number of rotatable bonds is 5. The molecule has 5 heteroatoms. The van der Waals surface area contributed by atoms with Crippen LogP contribution in [0.2, 0.25) is 0 Å². The predicted octanol–water partition coefficient (Wildman–Crippen LogP) is 4.25. The molecule has 0 atom stereocenters. The van der Waals surface area contributed by atoms with Crippen molar-refractivity contribution in [1.82, 2.24) is 10.3 Å². The van der Waals surface area contributed by atoms with Gasteiger partial charge in [0.1, 0.15) is 17.0 Å². The minimum atomic E-state index is -0.179. The van der Waals surface area contributed by atoms with Crippen LogP contribution in [0.4, 0.5) is 0 Å². The highest BCUT2D eigenvalue weighted by Crippen LogP contribution is 2.19. The monoisotopic (exact) mass is 346 g/mol.